The molecule has 2 amide bonds. The highest BCUT2D eigenvalue weighted by atomic mass is 16.5. The number of rotatable bonds is 8. The van der Waals surface area contributed by atoms with Crippen molar-refractivity contribution in [1.82, 2.24) is 20.0 Å². The molecule has 0 saturated heterocycles. The average molecular weight is 337 g/mol. The highest BCUT2D eigenvalue weighted by Gasteiger charge is 2.53. The number of nitrogens with one attached hydrogen (secondary N) is 2. The lowest BCUT2D eigenvalue weighted by atomic mass is 9.58. The molecule has 0 aliphatic heterocycles. The number of anilines is 1. The van der Waals surface area contributed by atoms with E-state index in [1.54, 1.807) is 13.3 Å². The molecule has 1 aliphatic rings. The van der Waals surface area contributed by atoms with Gasteiger partial charge in [0.05, 0.1) is 24.5 Å². The van der Waals surface area contributed by atoms with Gasteiger partial charge in [-0.1, -0.05) is 13.8 Å². The van der Waals surface area contributed by atoms with Crippen molar-refractivity contribution in [3.8, 4) is 0 Å². The van der Waals surface area contributed by atoms with E-state index in [0.29, 0.717) is 5.69 Å². The van der Waals surface area contributed by atoms with Crippen LogP contribution in [-0.4, -0.2) is 60.6 Å². The van der Waals surface area contributed by atoms with Gasteiger partial charge in [-0.2, -0.15) is 5.10 Å². The van der Waals surface area contributed by atoms with Gasteiger partial charge in [0.15, 0.2) is 0 Å². The van der Waals surface area contributed by atoms with Gasteiger partial charge in [-0.15, -0.1) is 0 Å². The van der Waals surface area contributed by atoms with E-state index in [9.17, 15) is 4.79 Å². The Balaban J connectivity index is 1.87. The number of urea groups is 1. The van der Waals surface area contributed by atoms with Crippen LogP contribution in [0.15, 0.2) is 12.4 Å². The van der Waals surface area contributed by atoms with Crippen LogP contribution in [0.3, 0.4) is 0 Å². The van der Waals surface area contributed by atoms with E-state index in [1.807, 2.05) is 25.0 Å². The Kier molecular flexibility index (Phi) is 6.23. The van der Waals surface area contributed by atoms with Crippen LogP contribution < -0.4 is 10.6 Å². The van der Waals surface area contributed by atoms with Crippen molar-refractivity contribution in [2.24, 2.45) is 5.41 Å². The predicted molar refractivity (Wildman–Crippen MR) is 95.2 cm³/mol. The summed E-state index contributed by atoms with van der Waals surface area (Å²) in [5, 5.41) is 10.3. The van der Waals surface area contributed by atoms with Crippen LogP contribution in [0.2, 0.25) is 0 Å². The third-order valence-electron chi connectivity index (χ3n) is 5.36. The molecule has 2 N–H and O–H groups in total. The number of hydrogen-bond donors (Lipinski definition) is 2. The largest absolute Gasteiger partial charge is 0.381 e. The minimum absolute atomic E-state index is 0.0436. The van der Waals surface area contributed by atoms with Gasteiger partial charge in [0.2, 0.25) is 0 Å². The van der Waals surface area contributed by atoms with Crippen molar-refractivity contribution in [1.29, 1.82) is 0 Å². The van der Waals surface area contributed by atoms with E-state index in [0.717, 1.165) is 32.4 Å². The molecule has 7 heteroatoms. The summed E-state index contributed by atoms with van der Waals surface area (Å²) in [5.41, 5.74) is 0.759. The Morgan fingerprint density at radius 1 is 1.46 bits per heavy atom. The number of nitrogens with zero attached hydrogens (tertiary/aromatic N) is 3. The molecular weight excluding hydrogens is 306 g/mol. The molecule has 0 spiro atoms. The third-order valence-corrected chi connectivity index (χ3v) is 5.36. The van der Waals surface area contributed by atoms with Gasteiger partial charge in [0.1, 0.15) is 0 Å². The Labute approximate surface area is 144 Å². The zero-order valence-corrected chi connectivity index (χ0v) is 15.5. The zero-order chi connectivity index (χ0) is 17.7. The van der Waals surface area contributed by atoms with Crippen molar-refractivity contribution in [3.63, 3.8) is 0 Å². The van der Waals surface area contributed by atoms with E-state index in [-0.39, 0.29) is 23.6 Å². The third kappa shape index (κ3) is 3.89. The topological polar surface area (TPSA) is 71.4 Å². The van der Waals surface area contributed by atoms with Gasteiger partial charge in [-0.3, -0.25) is 4.68 Å². The van der Waals surface area contributed by atoms with Crippen LogP contribution in [0.25, 0.3) is 0 Å². The second kappa shape index (κ2) is 7.98. The summed E-state index contributed by atoms with van der Waals surface area (Å²) in [4.78, 5) is 14.4. The van der Waals surface area contributed by atoms with E-state index in [2.05, 4.69) is 34.5 Å². The lowest BCUT2D eigenvalue weighted by Gasteiger charge is -2.54. The number of ether oxygens (including phenoxy) is 1. The summed E-state index contributed by atoms with van der Waals surface area (Å²) in [5.74, 6) is 0. The summed E-state index contributed by atoms with van der Waals surface area (Å²) in [6.45, 7) is 6.03. The lowest BCUT2D eigenvalue weighted by molar-refractivity contribution is -0.119. The van der Waals surface area contributed by atoms with Crippen LogP contribution in [0.4, 0.5) is 10.5 Å². The fourth-order valence-electron chi connectivity index (χ4n) is 3.66. The number of likely N-dealkylation sites (N-methyl/N-ethyl adjacent to an activating group) is 1. The van der Waals surface area contributed by atoms with Crippen LogP contribution >= 0.6 is 0 Å². The number of carbonyl (C=O) groups is 1. The molecule has 7 nitrogen and oxygen atoms in total. The minimum Gasteiger partial charge on any atom is -0.381 e. The van der Waals surface area contributed by atoms with Gasteiger partial charge >= 0.3 is 6.03 Å². The van der Waals surface area contributed by atoms with Gasteiger partial charge in [0.25, 0.3) is 0 Å². The smallest absolute Gasteiger partial charge is 0.319 e. The summed E-state index contributed by atoms with van der Waals surface area (Å²) in [6.07, 6.45) is 6.63. The number of methoxy groups -OCH3 is 1. The fraction of sp³-hybridized carbons (Fsp3) is 0.765. The maximum atomic E-state index is 12.3. The summed E-state index contributed by atoms with van der Waals surface area (Å²) < 4.78 is 7.41. The van der Waals surface area contributed by atoms with E-state index in [4.69, 9.17) is 4.74 Å². The first-order valence-corrected chi connectivity index (χ1v) is 8.72. The average Bonchev–Trinajstić information content (AvgIpc) is 2.98. The van der Waals surface area contributed by atoms with Crippen molar-refractivity contribution in [3.05, 3.63) is 12.4 Å². The number of amides is 2. The van der Waals surface area contributed by atoms with Gasteiger partial charge < -0.3 is 20.3 Å². The molecular formula is C17H31N5O2. The molecule has 2 atom stereocenters. The first kappa shape index (κ1) is 18.7. The normalized spacial score (nSPS) is 22.2. The molecule has 24 heavy (non-hydrogen) atoms. The number of aromatic nitrogens is 2. The molecule has 1 aliphatic carbocycles. The SMILES string of the molecule is CCC1(CC)[C@@H](NC(=O)Nc2cnn(CCN(C)C)c2)C[C@@H]1OC. The van der Waals surface area contributed by atoms with Crippen molar-refractivity contribution in [2.75, 3.05) is 33.1 Å². The van der Waals surface area contributed by atoms with Crippen LogP contribution in [0, 0.1) is 5.41 Å². The quantitative estimate of drug-likeness (QED) is 0.762. The molecule has 0 radical (unpaired) electrons. The maximum absolute atomic E-state index is 12.3. The Hall–Kier alpha value is -1.60. The lowest BCUT2D eigenvalue weighted by Crippen LogP contribution is -2.64. The summed E-state index contributed by atoms with van der Waals surface area (Å²) in [7, 11) is 5.80. The number of carbonyl (C=O) groups excluding carboxylic acids is 1. The van der Waals surface area contributed by atoms with Gasteiger partial charge in [-0.25, -0.2) is 4.79 Å². The Morgan fingerprint density at radius 3 is 2.75 bits per heavy atom. The van der Waals surface area contributed by atoms with E-state index in [1.165, 1.54) is 0 Å². The van der Waals surface area contributed by atoms with Crippen molar-refractivity contribution < 1.29 is 9.53 Å². The second-order valence-electron chi connectivity index (χ2n) is 6.85. The van der Waals surface area contributed by atoms with Gasteiger partial charge in [-0.05, 0) is 33.4 Å². The molecule has 0 aromatic carbocycles. The van der Waals surface area contributed by atoms with E-state index < -0.39 is 0 Å². The number of hydrogen-bond acceptors (Lipinski definition) is 4. The standard InChI is InChI=1S/C17H31N5O2/c1-6-17(7-2)14(10-15(17)24-5)20-16(23)19-13-11-18-22(12-13)9-8-21(3)4/h11-12,14-15H,6-10H2,1-5H3,(H2,19,20,23)/t14-,15-/m0/s1. The highest BCUT2D eigenvalue weighted by molar-refractivity contribution is 5.89. The molecule has 0 unspecified atom stereocenters. The molecule has 0 bridgehead atoms. The molecule has 2 rings (SSSR count). The van der Waals surface area contributed by atoms with Crippen LogP contribution in [0.1, 0.15) is 33.1 Å². The zero-order valence-electron chi connectivity index (χ0n) is 15.5. The Morgan fingerprint density at radius 2 is 2.17 bits per heavy atom. The van der Waals surface area contributed by atoms with Crippen molar-refractivity contribution in [2.45, 2.75) is 51.8 Å². The summed E-state index contributed by atoms with van der Waals surface area (Å²) >= 11 is 0. The Bertz CT molecular complexity index is 539. The molecule has 1 aromatic rings. The first-order valence-electron chi connectivity index (χ1n) is 8.72. The van der Waals surface area contributed by atoms with Crippen molar-refractivity contribution >= 4 is 11.7 Å². The first-order chi connectivity index (χ1) is 11.4. The molecule has 1 aromatic heterocycles. The molecule has 1 fully saturated rings. The molecule has 1 heterocycles. The molecule has 1 saturated carbocycles. The highest BCUT2D eigenvalue weighted by Crippen LogP contribution is 2.48. The minimum atomic E-state index is -0.173. The predicted octanol–water partition coefficient (Wildman–Crippen LogP) is 2.16. The summed E-state index contributed by atoms with van der Waals surface area (Å²) in [6, 6.07) is -0.0192. The van der Waals surface area contributed by atoms with Crippen LogP contribution in [-0.2, 0) is 11.3 Å². The van der Waals surface area contributed by atoms with Gasteiger partial charge in [0, 0.05) is 31.3 Å². The van der Waals surface area contributed by atoms with E-state index >= 15 is 0 Å². The maximum Gasteiger partial charge on any atom is 0.319 e. The molecule has 136 valence electrons. The fourth-order valence-corrected chi connectivity index (χ4v) is 3.66. The van der Waals surface area contributed by atoms with Crippen LogP contribution in [0.5, 0.6) is 0 Å². The second-order valence-corrected chi connectivity index (χ2v) is 6.85. The monoisotopic (exact) mass is 337 g/mol.